The lowest BCUT2D eigenvalue weighted by Gasteiger charge is -2.59. The molecule has 2 saturated carbocycles. The Morgan fingerprint density at radius 1 is 0.588 bits per heavy atom. The molecule has 0 N–H and O–H groups in total. The van der Waals surface area contributed by atoms with Gasteiger partial charge in [0.1, 0.15) is 0 Å². The molecule has 3 aromatic rings. The third kappa shape index (κ3) is 2.51. The predicted octanol–water partition coefficient (Wildman–Crippen LogP) is 7.70. The maximum atomic E-state index is 5.18. The third-order valence-corrected chi connectivity index (χ3v) is 10.7. The molecule has 0 spiro atoms. The zero-order valence-electron chi connectivity index (χ0n) is 21.3. The Balaban J connectivity index is 1.25. The first-order valence-electron chi connectivity index (χ1n) is 13.2. The summed E-state index contributed by atoms with van der Waals surface area (Å²) >= 11 is 0. The van der Waals surface area contributed by atoms with Crippen LogP contribution in [0.4, 0.5) is 0 Å². The Morgan fingerprint density at radius 2 is 1.00 bits per heavy atom. The van der Waals surface area contributed by atoms with E-state index in [1.807, 2.05) is 0 Å². The van der Waals surface area contributed by atoms with Crippen LogP contribution in [0.25, 0.3) is 22.8 Å². The number of nitrogens with zero attached hydrogens (tertiary/aromatic N) is 3. The SMILES string of the molecule is C[C@@H]1c2nc(-c3cccc(-c4ccc5c(n4)[C@H](C)[C@H]4C[C@@H]5C4(C)C)n3)ccc2[C@@H]2C[C@H]1C2(C)C. The number of hydrogen-bond donors (Lipinski definition) is 0. The molecule has 0 unspecified atom stereocenters. The Hall–Kier alpha value is -2.55. The fraction of sp³-hybridized carbons (Fsp3) is 0.516. The first kappa shape index (κ1) is 20.8. The largest absolute Gasteiger partial charge is 0.251 e. The van der Waals surface area contributed by atoms with Gasteiger partial charge < -0.3 is 0 Å². The second kappa shape index (κ2) is 6.56. The lowest BCUT2D eigenvalue weighted by molar-refractivity contribution is -0.00275. The van der Waals surface area contributed by atoms with E-state index in [0.717, 1.165) is 34.6 Å². The average molecular weight is 450 g/mol. The van der Waals surface area contributed by atoms with Gasteiger partial charge in [-0.05, 0) is 82.7 Å². The quantitative estimate of drug-likeness (QED) is 0.402. The number of hydrogen-bond acceptors (Lipinski definition) is 3. The van der Waals surface area contributed by atoms with Crippen LogP contribution in [-0.4, -0.2) is 15.0 Å². The summed E-state index contributed by atoms with van der Waals surface area (Å²) in [6.07, 6.45) is 2.63. The first-order chi connectivity index (χ1) is 16.2. The molecule has 6 atom stereocenters. The van der Waals surface area contributed by atoms with Crippen LogP contribution in [0.2, 0.25) is 0 Å². The van der Waals surface area contributed by atoms with Gasteiger partial charge in [0, 0.05) is 23.2 Å². The van der Waals surface area contributed by atoms with Crippen LogP contribution in [-0.2, 0) is 0 Å². The first-order valence-corrected chi connectivity index (χ1v) is 13.2. The van der Waals surface area contributed by atoms with E-state index in [2.05, 4.69) is 84.0 Å². The topological polar surface area (TPSA) is 38.7 Å². The van der Waals surface area contributed by atoms with Gasteiger partial charge in [0.2, 0.25) is 0 Å². The average Bonchev–Trinajstić information content (AvgIpc) is 2.83. The molecule has 2 fully saturated rings. The number of pyridine rings is 3. The summed E-state index contributed by atoms with van der Waals surface area (Å²) in [5, 5.41) is 0. The molecule has 6 aliphatic rings. The highest BCUT2D eigenvalue weighted by Gasteiger charge is 2.57. The van der Waals surface area contributed by atoms with Crippen LogP contribution in [0.1, 0.15) is 101 Å². The number of aromatic nitrogens is 3. The van der Waals surface area contributed by atoms with Crippen molar-refractivity contribution in [1.29, 1.82) is 0 Å². The Bertz CT molecular complexity index is 1240. The summed E-state index contributed by atoms with van der Waals surface area (Å²) in [7, 11) is 0. The van der Waals surface area contributed by atoms with Gasteiger partial charge in [-0.15, -0.1) is 0 Å². The normalized spacial score (nSPS) is 33.2. The highest BCUT2D eigenvalue weighted by atomic mass is 14.9. The second-order valence-electron chi connectivity index (χ2n) is 12.8. The monoisotopic (exact) mass is 449 g/mol. The van der Waals surface area contributed by atoms with Crippen LogP contribution in [0.3, 0.4) is 0 Å². The van der Waals surface area contributed by atoms with Crippen LogP contribution in [0.15, 0.2) is 42.5 Å². The molecule has 0 amide bonds. The van der Waals surface area contributed by atoms with Crippen molar-refractivity contribution < 1.29 is 0 Å². The Kier molecular flexibility index (Phi) is 4.01. The minimum absolute atomic E-state index is 0.402. The van der Waals surface area contributed by atoms with Gasteiger partial charge in [0.25, 0.3) is 0 Å². The molecule has 3 heterocycles. The molecular weight excluding hydrogens is 414 g/mol. The van der Waals surface area contributed by atoms with E-state index in [9.17, 15) is 0 Å². The van der Waals surface area contributed by atoms with Crippen molar-refractivity contribution in [2.75, 3.05) is 0 Å². The van der Waals surface area contributed by atoms with E-state index in [4.69, 9.17) is 15.0 Å². The van der Waals surface area contributed by atoms with E-state index in [0.29, 0.717) is 34.5 Å². The van der Waals surface area contributed by atoms with Crippen LogP contribution in [0, 0.1) is 22.7 Å². The van der Waals surface area contributed by atoms with Crippen molar-refractivity contribution in [3.63, 3.8) is 0 Å². The molecule has 3 aromatic heterocycles. The second-order valence-corrected chi connectivity index (χ2v) is 12.8. The molecule has 6 aliphatic carbocycles. The van der Waals surface area contributed by atoms with E-state index < -0.39 is 0 Å². The molecule has 0 aromatic carbocycles. The van der Waals surface area contributed by atoms with Gasteiger partial charge in [-0.1, -0.05) is 59.7 Å². The number of rotatable bonds is 2. The molecule has 9 rings (SSSR count). The van der Waals surface area contributed by atoms with Gasteiger partial charge in [0.05, 0.1) is 22.8 Å². The predicted molar refractivity (Wildman–Crippen MR) is 137 cm³/mol. The summed E-state index contributed by atoms with van der Waals surface area (Å²) < 4.78 is 0. The third-order valence-electron chi connectivity index (χ3n) is 10.7. The zero-order valence-corrected chi connectivity index (χ0v) is 21.3. The van der Waals surface area contributed by atoms with Crippen molar-refractivity contribution in [1.82, 2.24) is 15.0 Å². The summed E-state index contributed by atoms with van der Waals surface area (Å²) in [5.74, 6) is 3.81. The van der Waals surface area contributed by atoms with Gasteiger partial charge >= 0.3 is 0 Å². The smallest absolute Gasteiger partial charge is 0.0894 e. The molecule has 0 aliphatic heterocycles. The van der Waals surface area contributed by atoms with Gasteiger partial charge in [-0.25, -0.2) is 4.98 Å². The van der Waals surface area contributed by atoms with Crippen molar-refractivity contribution in [3.05, 3.63) is 65.0 Å². The minimum atomic E-state index is 0.402. The molecule has 174 valence electrons. The van der Waals surface area contributed by atoms with Crippen molar-refractivity contribution >= 4 is 0 Å². The fourth-order valence-electron chi connectivity index (χ4n) is 8.35. The van der Waals surface area contributed by atoms with Gasteiger partial charge in [0.15, 0.2) is 0 Å². The summed E-state index contributed by atoms with van der Waals surface area (Å²) in [6.45, 7) is 14.5. The molecule has 34 heavy (non-hydrogen) atoms. The lowest BCUT2D eigenvalue weighted by Crippen LogP contribution is -2.50. The summed E-state index contributed by atoms with van der Waals surface area (Å²) in [6, 6.07) is 15.3. The van der Waals surface area contributed by atoms with Crippen molar-refractivity contribution in [2.45, 2.75) is 78.1 Å². The molecule has 0 saturated heterocycles. The van der Waals surface area contributed by atoms with Gasteiger partial charge in [-0.2, -0.15) is 0 Å². The maximum absolute atomic E-state index is 5.18. The van der Waals surface area contributed by atoms with Gasteiger partial charge in [-0.3, -0.25) is 9.97 Å². The van der Waals surface area contributed by atoms with E-state index >= 15 is 0 Å². The van der Waals surface area contributed by atoms with Crippen LogP contribution in [0.5, 0.6) is 0 Å². The van der Waals surface area contributed by atoms with Crippen LogP contribution >= 0.6 is 0 Å². The Labute approximate surface area is 203 Å². The molecule has 0 radical (unpaired) electrons. The standard InChI is InChI=1S/C31H35N3/c1-16-20-14-22(30(20,3)4)18-10-12-26(33-28(16)18)24-8-7-9-25(32-24)27-13-11-19-23-15-21(31(23,5)6)17(2)29(19)34-27/h7-13,16-17,20-23H,14-15H2,1-6H3/t16-,17+,20-,21-,22+,23+/m1/s1. The van der Waals surface area contributed by atoms with Crippen molar-refractivity contribution in [2.24, 2.45) is 22.7 Å². The summed E-state index contributed by atoms with van der Waals surface area (Å²) in [4.78, 5) is 15.4. The highest BCUT2D eigenvalue weighted by molar-refractivity contribution is 5.63. The van der Waals surface area contributed by atoms with E-state index in [1.165, 1.54) is 35.4 Å². The van der Waals surface area contributed by atoms with E-state index in [-0.39, 0.29) is 0 Å². The molecule has 3 heteroatoms. The highest BCUT2D eigenvalue weighted by Crippen LogP contribution is 2.67. The van der Waals surface area contributed by atoms with E-state index in [1.54, 1.807) is 0 Å². The lowest BCUT2D eigenvalue weighted by atomic mass is 9.45. The Morgan fingerprint density at radius 3 is 1.41 bits per heavy atom. The molecule has 4 bridgehead atoms. The minimum Gasteiger partial charge on any atom is -0.251 e. The zero-order chi connectivity index (χ0) is 23.6. The summed E-state index contributed by atoms with van der Waals surface area (Å²) in [5.41, 5.74) is 10.2. The van der Waals surface area contributed by atoms with Crippen LogP contribution < -0.4 is 0 Å². The maximum Gasteiger partial charge on any atom is 0.0894 e. The fourth-order valence-corrected chi connectivity index (χ4v) is 8.35. The molecule has 3 nitrogen and oxygen atoms in total. The molecular formula is C31H35N3. The van der Waals surface area contributed by atoms with Crippen molar-refractivity contribution in [3.8, 4) is 22.8 Å².